The molecule has 0 heterocycles. The average Bonchev–Trinajstić information content (AvgIpc) is 2.30. The van der Waals surface area contributed by atoms with Gasteiger partial charge in [0, 0.05) is 25.3 Å². The van der Waals surface area contributed by atoms with Gasteiger partial charge in [0.15, 0.2) is 0 Å². The molecule has 0 atom stereocenters. The molecule has 1 N–H and O–H groups in total. The maximum atomic E-state index is 13.2. The number of halogens is 2. The molecule has 0 aliphatic carbocycles. The van der Waals surface area contributed by atoms with Crippen LogP contribution in [0.3, 0.4) is 0 Å². The summed E-state index contributed by atoms with van der Waals surface area (Å²) in [5.41, 5.74) is 0.729. The van der Waals surface area contributed by atoms with Crippen molar-refractivity contribution in [1.82, 2.24) is 5.32 Å². The molecule has 0 saturated heterocycles. The number of nitrogens with one attached hydrogen (secondary N) is 1. The lowest BCUT2D eigenvalue weighted by molar-refractivity contribution is 0.143. The van der Waals surface area contributed by atoms with E-state index in [0.29, 0.717) is 6.54 Å². The van der Waals surface area contributed by atoms with E-state index in [1.807, 2.05) is 19.1 Å². The molecule has 0 radical (unpaired) electrons. The molecule has 0 bridgehead atoms. The van der Waals surface area contributed by atoms with Crippen molar-refractivity contribution in [1.29, 1.82) is 0 Å². The molecule has 0 spiro atoms. The first-order valence-corrected chi connectivity index (χ1v) is 5.86. The second-order valence-electron chi connectivity index (χ2n) is 3.67. The molecule has 0 aromatic heterocycles. The van der Waals surface area contributed by atoms with Crippen LogP contribution in [-0.4, -0.2) is 19.8 Å². The predicted octanol–water partition coefficient (Wildman–Crippen LogP) is 3.15. The fourth-order valence-corrected chi connectivity index (χ4v) is 1.46. The third kappa shape index (κ3) is 7.31. The topological polar surface area (TPSA) is 21.3 Å². The van der Waals surface area contributed by atoms with E-state index in [1.54, 1.807) is 6.07 Å². The average molecular weight is 262 g/mol. The Hall–Kier alpha value is -0.640. The van der Waals surface area contributed by atoms with E-state index in [-0.39, 0.29) is 18.2 Å². The summed E-state index contributed by atoms with van der Waals surface area (Å²) in [6.07, 6.45) is 2.12. The van der Waals surface area contributed by atoms with Crippen LogP contribution >= 0.6 is 12.4 Å². The maximum Gasteiger partial charge on any atom is 0.127 e. The van der Waals surface area contributed by atoms with Crippen LogP contribution in [0, 0.1) is 5.82 Å². The van der Waals surface area contributed by atoms with Crippen molar-refractivity contribution in [2.24, 2.45) is 0 Å². The summed E-state index contributed by atoms with van der Waals surface area (Å²) in [5.74, 6) is -0.135. The first kappa shape index (κ1) is 16.4. The monoisotopic (exact) mass is 261 g/mol. The Morgan fingerprint density at radius 2 is 2.00 bits per heavy atom. The number of hydrogen-bond donors (Lipinski definition) is 1. The van der Waals surface area contributed by atoms with Gasteiger partial charge in [0.05, 0.1) is 0 Å². The predicted molar refractivity (Wildman–Crippen MR) is 71.1 cm³/mol. The van der Waals surface area contributed by atoms with Crippen LogP contribution < -0.4 is 5.32 Å². The number of rotatable bonds is 8. The van der Waals surface area contributed by atoms with Crippen molar-refractivity contribution in [2.75, 3.05) is 19.8 Å². The van der Waals surface area contributed by atoms with E-state index in [9.17, 15) is 4.39 Å². The van der Waals surface area contributed by atoms with Crippen LogP contribution in [0.2, 0.25) is 0 Å². The van der Waals surface area contributed by atoms with E-state index in [4.69, 9.17) is 4.74 Å². The highest BCUT2D eigenvalue weighted by atomic mass is 35.5. The van der Waals surface area contributed by atoms with Crippen molar-refractivity contribution < 1.29 is 9.13 Å². The third-order valence-electron chi connectivity index (χ3n) is 2.37. The Labute approximate surface area is 109 Å². The summed E-state index contributed by atoms with van der Waals surface area (Å²) in [4.78, 5) is 0. The molecule has 1 aromatic carbocycles. The molecule has 0 aliphatic rings. The molecule has 4 heteroatoms. The van der Waals surface area contributed by atoms with E-state index in [1.165, 1.54) is 6.07 Å². The Balaban J connectivity index is 0.00000256. The number of unbranched alkanes of at least 4 members (excludes halogenated alkanes) is 1. The molecule has 17 heavy (non-hydrogen) atoms. The smallest absolute Gasteiger partial charge is 0.127 e. The van der Waals surface area contributed by atoms with Crippen LogP contribution in [0.25, 0.3) is 0 Å². The highest BCUT2D eigenvalue weighted by molar-refractivity contribution is 5.85. The first-order chi connectivity index (χ1) is 7.84. The quantitative estimate of drug-likeness (QED) is 0.726. The molecule has 0 unspecified atom stereocenters. The Morgan fingerprint density at radius 1 is 1.24 bits per heavy atom. The van der Waals surface area contributed by atoms with Crippen molar-refractivity contribution in [3.8, 4) is 0 Å². The van der Waals surface area contributed by atoms with E-state index in [2.05, 4.69) is 5.32 Å². The van der Waals surface area contributed by atoms with Crippen LogP contribution in [0.1, 0.15) is 25.3 Å². The van der Waals surface area contributed by atoms with Crippen molar-refractivity contribution in [3.05, 3.63) is 35.6 Å². The van der Waals surface area contributed by atoms with Crippen LogP contribution in [-0.2, 0) is 11.3 Å². The minimum atomic E-state index is -0.135. The fraction of sp³-hybridized carbons (Fsp3) is 0.538. The summed E-state index contributed by atoms with van der Waals surface area (Å²) >= 11 is 0. The standard InChI is InChI=1S/C13H20FNO.ClH/c1-2-16-10-6-5-9-15-11-12-7-3-4-8-13(12)14;/h3-4,7-8,15H,2,5-6,9-11H2,1H3;1H. The van der Waals surface area contributed by atoms with Gasteiger partial charge in [-0.25, -0.2) is 4.39 Å². The van der Waals surface area contributed by atoms with Crippen molar-refractivity contribution in [3.63, 3.8) is 0 Å². The molecular formula is C13H21ClFNO. The molecule has 0 amide bonds. The largest absolute Gasteiger partial charge is 0.382 e. The van der Waals surface area contributed by atoms with Gasteiger partial charge in [0.1, 0.15) is 5.82 Å². The number of ether oxygens (including phenoxy) is 1. The van der Waals surface area contributed by atoms with Gasteiger partial charge >= 0.3 is 0 Å². The van der Waals surface area contributed by atoms with Gasteiger partial charge in [0.2, 0.25) is 0 Å². The number of hydrogen-bond acceptors (Lipinski definition) is 2. The lowest BCUT2D eigenvalue weighted by atomic mass is 10.2. The third-order valence-corrected chi connectivity index (χ3v) is 2.37. The van der Waals surface area contributed by atoms with Crippen LogP contribution in [0.4, 0.5) is 4.39 Å². The van der Waals surface area contributed by atoms with E-state index in [0.717, 1.165) is 38.2 Å². The summed E-state index contributed by atoms with van der Waals surface area (Å²) in [6.45, 7) is 5.10. The lowest BCUT2D eigenvalue weighted by Gasteiger charge is -2.05. The zero-order valence-corrected chi connectivity index (χ0v) is 11.1. The van der Waals surface area contributed by atoms with Crippen molar-refractivity contribution in [2.45, 2.75) is 26.3 Å². The van der Waals surface area contributed by atoms with Crippen LogP contribution in [0.5, 0.6) is 0 Å². The second kappa shape index (κ2) is 10.5. The van der Waals surface area contributed by atoms with Gasteiger partial charge in [-0.3, -0.25) is 0 Å². The second-order valence-corrected chi connectivity index (χ2v) is 3.67. The highest BCUT2D eigenvalue weighted by Gasteiger charge is 1.98. The fourth-order valence-electron chi connectivity index (χ4n) is 1.46. The normalized spacial score (nSPS) is 10.0. The van der Waals surface area contributed by atoms with Gasteiger partial charge in [-0.05, 0) is 32.4 Å². The summed E-state index contributed by atoms with van der Waals surface area (Å²) in [6, 6.07) is 6.87. The highest BCUT2D eigenvalue weighted by Crippen LogP contribution is 2.05. The SMILES string of the molecule is CCOCCCCNCc1ccccc1F.Cl. The summed E-state index contributed by atoms with van der Waals surface area (Å²) < 4.78 is 18.4. The first-order valence-electron chi connectivity index (χ1n) is 5.86. The van der Waals surface area contributed by atoms with Gasteiger partial charge in [0.25, 0.3) is 0 Å². The molecule has 0 aliphatic heterocycles. The molecule has 2 nitrogen and oxygen atoms in total. The zero-order chi connectivity index (χ0) is 11.6. The molecule has 1 rings (SSSR count). The molecule has 98 valence electrons. The van der Waals surface area contributed by atoms with Gasteiger partial charge in [-0.15, -0.1) is 12.4 Å². The molecule has 0 saturated carbocycles. The Kier molecular flexibility index (Phi) is 10.1. The molecule has 0 fully saturated rings. The van der Waals surface area contributed by atoms with E-state index >= 15 is 0 Å². The van der Waals surface area contributed by atoms with Gasteiger partial charge < -0.3 is 10.1 Å². The molecular weight excluding hydrogens is 241 g/mol. The minimum Gasteiger partial charge on any atom is -0.382 e. The summed E-state index contributed by atoms with van der Waals surface area (Å²) in [7, 11) is 0. The Morgan fingerprint density at radius 3 is 2.71 bits per heavy atom. The van der Waals surface area contributed by atoms with Crippen molar-refractivity contribution >= 4 is 12.4 Å². The summed E-state index contributed by atoms with van der Waals surface area (Å²) in [5, 5.41) is 3.22. The van der Waals surface area contributed by atoms with Gasteiger partial charge in [-0.2, -0.15) is 0 Å². The lowest BCUT2D eigenvalue weighted by Crippen LogP contribution is -2.16. The van der Waals surface area contributed by atoms with E-state index < -0.39 is 0 Å². The maximum absolute atomic E-state index is 13.2. The zero-order valence-electron chi connectivity index (χ0n) is 10.2. The van der Waals surface area contributed by atoms with Crippen LogP contribution in [0.15, 0.2) is 24.3 Å². The Bertz CT molecular complexity index is 297. The van der Waals surface area contributed by atoms with Gasteiger partial charge in [-0.1, -0.05) is 18.2 Å². The minimum absolute atomic E-state index is 0. The molecule has 1 aromatic rings. The number of benzene rings is 1.